The molecule has 3 aromatic rings. The fourth-order valence-electron chi connectivity index (χ4n) is 3.06. The molecule has 0 saturated heterocycles. The molecule has 1 amide bonds. The summed E-state index contributed by atoms with van der Waals surface area (Å²) < 4.78 is 2.28. The van der Waals surface area contributed by atoms with Crippen LogP contribution in [0.1, 0.15) is 16.7 Å². The molecule has 26 heavy (non-hydrogen) atoms. The van der Waals surface area contributed by atoms with E-state index in [0.29, 0.717) is 0 Å². The van der Waals surface area contributed by atoms with Crippen molar-refractivity contribution in [3.63, 3.8) is 0 Å². The van der Waals surface area contributed by atoms with Crippen molar-refractivity contribution in [2.24, 2.45) is 0 Å². The fraction of sp³-hybridized carbons (Fsp3) is 0.190. The van der Waals surface area contributed by atoms with Crippen LogP contribution in [0.5, 0.6) is 0 Å². The topological polar surface area (TPSA) is 57.5 Å². The largest absolute Gasteiger partial charge is 0.343 e. The molecule has 0 fully saturated rings. The van der Waals surface area contributed by atoms with E-state index in [1.165, 1.54) is 28.1 Å². The van der Waals surface area contributed by atoms with Crippen molar-refractivity contribution in [3.8, 4) is 0 Å². The maximum Gasteiger partial charge on any atom is 0.267 e. The molecular weight excluding hydrogens is 326 g/mol. The van der Waals surface area contributed by atoms with Crippen LogP contribution in [0.4, 0.5) is 0 Å². The molecule has 0 radical (unpaired) electrons. The van der Waals surface area contributed by atoms with Crippen LogP contribution >= 0.6 is 0 Å². The summed E-state index contributed by atoms with van der Waals surface area (Å²) in [4.78, 5) is 13.2. The molecule has 1 aromatic heterocycles. The molecule has 0 aliphatic rings. The van der Waals surface area contributed by atoms with Gasteiger partial charge in [-0.3, -0.25) is 10.0 Å². The van der Waals surface area contributed by atoms with Crippen molar-refractivity contribution in [1.29, 1.82) is 0 Å². The first kappa shape index (κ1) is 17.9. The highest BCUT2D eigenvalue weighted by Gasteiger charge is 2.09. The van der Waals surface area contributed by atoms with Crippen LogP contribution < -0.4 is 5.48 Å². The number of nitrogens with one attached hydrogen (secondary N) is 1. The summed E-state index contributed by atoms with van der Waals surface area (Å²) in [6.45, 7) is 1.69. The Morgan fingerprint density at radius 2 is 1.88 bits per heavy atom. The molecular formula is C21H23N3O2. The van der Waals surface area contributed by atoms with Crippen LogP contribution in [0.2, 0.25) is 0 Å². The minimum atomic E-state index is -0.540. The number of nitrogens with zero attached hydrogens (tertiary/aromatic N) is 2. The van der Waals surface area contributed by atoms with E-state index in [1.807, 2.05) is 12.1 Å². The molecule has 3 rings (SSSR count). The summed E-state index contributed by atoms with van der Waals surface area (Å²) in [5, 5.41) is 9.80. The summed E-state index contributed by atoms with van der Waals surface area (Å²) in [5.41, 5.74) is 6.22. The smallest absolute Gasteiger partial charge is 0.267 e. The van der Waals surface area contributed by atoms with Gasteiger partial charge in [0.1, 0.15) is 0 Å². The summed E-state index contributed by atoms with van der Waals surface area (Å²) in [6, 6.07) is 16.5. The molecule has 5 heteroatoms. The molecule has 2 N–H and O–H groups in total. The third-order valence-corrected chi connectivity index (χ3v) is 4.23. The second-order valence-electron chi connectivity index (χ2n) is 6.59. The molecule has 0 atom stereocenters. The average molecular weight is 349 g/mol. The molecule has 0 unspecified atom stereocenters. The number of hydroxylamine groups is 1. The SMILES string of the molecule is CN(C)Cc1cn(Cc2ccc(/C=C/C(=O)NO)cc2)c2ccccc12. The average Bonchev–Trinajstić information content (AvgIpc) is 2.98. The molecule has 0 aliphatic carbocycles. The molecule has 1 heterocycles. The first-order valence-corrected chi connectivity index (χ1v) is 8.49. The number of aromatic nitrogens is 1. The van der Waals surface area contributed by atoms with E-state index < -0.39 is 5.91 Å². The number of hydrogen-bond donors (Lipinski definition) is 2. The number of para-hydroxylation sites is 1. The van der Waals surface area contributed by atoms with Gasteiger partial charge in [-0.2, -0.15) is 0 Å². The van der Waals surface area contributed by atoms with Gasteiger partial charge in [-0.25, -0.2) is 5.48 Å². The Morgan fingerprint density at radius 3 is 2.58 bits per heavy atom. The van der Waals surface area contributed by atoms with Crippen molar-refractivity contribution in [2.75, 3.05) is 14.1 Å². The highest BCUT2D eigenvalue weighted by Crippen LogP contribution is 2.23. The van der Waals surface area contributed by atoms with Crippen LogP contribution in [0.3, 0.4) is 0 Å². The highest BCUT2D eigenvalue weighted by atomic mass is 16.5. The lowest BCUT2D eigenvalue weighted by Crippen LogP contribution is -2.14. The van der Waals surface area contributed by atoms with E-state index in [-0.39, 0.29) is 0 Å². The predicted octanol–water partition coefficient (Wildman–Crippen LogP) is 3.27. The van der Waals surface area contributed by atoms with Crippen molar-refractivity contribution in [2.45, 2.75) is 13.1 Å². The van der Waals surface area contributed by atoms with Gasteiger partial charge in [0.15, 0.2) is 0 Å². The van der Waals surface area contributed by atoms with Gasteiger partial charge in [0.05, 0.1) is 0 Å². The number of carbonyl (C=O) groups is 1. The molecule has 134 valence electrons. The van der Waals surface area contributed by atoms with Crippen LogP contribution in [-0.2, 0) is 17.9 Å². The quantitative estimate of drug-likeness (QED) is 0.408. The minimum Gasteiger partial charge on any atom is -0.343 e. The van der Waals surface area contributed by atoms with Crippen LogP contribution in [0, 0.1) is 0 Å². The van der Waals surface area contributed by atoms with E-state index in [2.05, 4.69) is 66.2 Å². The van der Waals surface area contributed by atoms with Crippen molar-refractivity contribution >= 4 is 22.9 Å². The highest BCUT2D eigenvalue weighted by molar-refractivity contribution is 5.90. The van der Waals surface area contributed by atoms with E-state index in [4.69, 9.17) is 5.21 Å². The Hall–Kier alpha value is -2.89. The van der Waals surface area contributed by atoms with Gasteiger partial charge in [-0.05, 0) is 42.9 Å². The second-order valence-corrected chi connectivity index (χ2v) is 6.59. The van der Waals surface area contributed by atoms with E-state index in [0.717, 1.165) is 18.7 Å². The van der Waals surface area contributed by atoms with Gasteiger partial charge in [-0.1, -0.05) is 42.5 Å². The van der Waals surface area contributed by atoms with Crippen LogP contribution in [-0.4, -0.2) is 34.7 Å². The Labute approximate surface area is 153 Å². The van der Waals surface area contributed by atoms with Gasteiger partial charge in [0.2, 0.25) is 0 Å². The number of carbonyl (C=O) groups excluding carboxylic acids is 1. The molecule has 5 nitrogen and oxygen atoms in total. The number of benzene rings is 2. The maximum absolute atomic E-state index is 11.0. The van der Waals surface area contributed by atoms with E-state index in [9.17, 15) is 4.79 Å². The summed E-state index contributed by atoms with van der Waals surface area (Å²) >= 11 is 0. The lowest BCUT2D eigenvalue weighted by Gasteiger charge is -2.07. The first-order valence-electron chi connectivity index (χ1n) is 8.49. The number of rotatable bonds is 6. The predicted molar refractivity (Wildman–Crippen MR) is 104 cm³/mol. The third-order valence-electron chi connectivity index (χ3n) is 4.23. The summed E-state index contributed by atoms with van der Waals surface area (Å²) in [5.74, 6) is -0.540. The minimum absolute atomic E-state index is 0.540. The third kappa shape index (κ3) is 4.20. The normalized spacial score (nSPS) is 11.5. The van der Waals surface area contributed by atoms with Crippen molar-refractivity contribution in [1.82, 2.24) is 14.9 Å². The Balaban J connectivity index is 1.83. The standard InChI is InChI=1S/C21H23N3O2/c1-23(2)14-18-15-24(20-6-4-3-5-19(18)20)13-17-9-7-16(8-10-17)11-12-21(25)22-26/h3-12,15,26H,13-14H2,1-2H3,(H,22,25)/b12-11+. The summed E-state index contributed by atoms with van der Waals surface area (Å²) in [7, 11) is 4.16. The maximum atomic E-state index is 11.0. The number of hydrogen-bond acceptors (Lipinski definition) is 3. The van der Waals surface area contributed by atoms with E-state index >= 15 is 0 Å². The first-order chi connectivity index (χ1) is 12.6. The molecule has 0 saturated carbocycles. The van der Waals surface area contributed by atoms with Gasteiger partial charge >= 0.3 is 0 Å². The molecule has 0 bridgehead atoms. The van der Waals surface area contributed by atoms with Crippen molar-refractivity contribution in [3.05, 3.63) is 77.5 Å². The Bertz CT molecular complexity index is 924. The van der Waals surface area contributed by atoms with Gasteiger partial charge in [-0.15, -0.1) is 0 Å². The lowest BCUT2D eigenvalue weighted by molar-refractivity contribution is -0.124. The monoisotopic (exact) mass is 349 g/mol. The zero-order valence-electron chi connectivity index (χ0n) is 15.0. The zero-order valence-corrected chi connectivity index (χ0v) is 15.0. The fourth-order valence-corrected chi connectivity index (χ4v) is 3.06. The molecule has 0 aliphatic heterocycles. The number of fused-ring (bicyclic) bond motifs is 1. The number of amides is 1. The van der Waals surface area contributed by atoms with Gasteiger partial charge in [0, 0.05) is 36.3 Å². The van der Waals surface area contributed by atoms with Crippen LogP contribution in [0.15, 0.2) is 60.8 Å². The van der Waals surface area contributed by atoms with Gasteiger partial charge < -0.3 is 9.47 Å². The van der Waals surface area contributed by atoms with Gasteiger partial charge in [0.25, 0.3) is 5.91 Å². The van der Waals surface area contributed by atoms with Crippen molar-refractivity contribution < 1.29 is 10.0 Å². The Kier molecular flexibility index (Phi) is 5.51. The van der Waals surface area contributed by atoms with Crippen LogP contribution in [0.25, 0.3) is 17.0 Å². The second kappa shape index (κ2) is 7.99. The molecule has 0 spiro atoms. The van der Waals surface area contributed by atoms with E-state index in [1.54, 1.807) is 11.6 Å². The Morgan fingerprint density at radius 1 is 1.15 bits per heavy atom. The molecule has 2 aromatic carbocycles. The zero-order chi connectivity index (χ0) is 18.5. The lowest BCUT2D eigenvalue weighted by atomic mass is 10.1. The summed E-state index contributed by atoms with van der Waals surface area (Å²) in [6.07, 6.45) is 5.18.